The Hall–Kier alpha value is -0.730. The van der Waals surface area contributed by atoms with E-state index in [9.17, 15) is 0 Å². The second-order valence-electron chi connectivity index (χ2n) is 2.74. The molecule has 4 nitrogen and oxygen atoms in total. The lowest BCUT2D eigenvalue weighted by atomic mass is 10.1. The summed E-state index contributed by atoms with van der Waals surface area (Å²) >= 11 is 0. The average Bonchev–Trinajstić information content (AvgIpc) is 1.95. The van der Waals surface area contributed by atoms with Crippen molar-refractivity contribution in [1.29, 1.82) is 0 Å². The van der Waals surface area contributed by atoms with Crippen molar-refractivity contribution in [3.05, 3.63) is 10.4 Å². The second-order valence-corrected chi connectivity index (χ2v) is 2.74. The van der Waals surface area contributed by atoms with Gasteiger partial charge in [0.15, 0.2) is 0 Å². The van der Waals surface area contributed by atoms with E-state index in [0.717, 1.165) is 25.9 Å². The first-order valence-electron chi connectivity index (χ1n) is 3.55. The van der Waals surface area contributed by atoms with E-state index in [0.29, 0.717) is 0 Å². The maximum atomic E-state index is 8.13. The van der Waals surface area contributed by atoms with Gasteiger partial charge in [0.1, 0.15) is 0 Å². The highest BCUT2D eigenvalue weighted by Gasteiger charge is 2.14. The van der Waals surface area contributed by atoms with Crippen LogP contribution >= 0.6 is 0 Å². The second kappa shape index (κ2) is 4.99. The van der Waals surface area contributed by atoms with Crippen molar-refractivity contribution in [2.45, 2.75) is 26.3 Å². The van der Waals surface area contributed by atoms with Crippen LogP contribution in [-0.4, -0.2) is 31.1 Å². The predicted molar refractivity (Wildman–Crippen MR) is 46.4 cm³/mol. The molecule has 11 heavy (non-hydrogen) atoms. The average molecular weight is 156 g/mol. The molecule has 0 spiro atoms. The first kappa shape index (κ1) is 10.3. The monoisotopic (exact) mass is 156 g/mol. The van der Waals surface area contributed by atoms with Gasteiger partial charge in [-0.3, -0.25) is 0 Å². The van der Waals surface area contributed by atoms with Gasteiger partial charge in [-0.2, -0.15) is 0 Å². The lowest BCUT2D eigenvalue weighted by molar-refractivity contribution is 0.256. The summed E-state index contributed by atoms with van der Waals surface area (Å²) in [5.41, 5.74) is 8.13. The molecule has 0 N–H and O–H groups in total. The van der Waals surface area contributed by atoms with Crippen LogP contribution in [0.3, 0.4) is 0 Å². The van der Waals surface area contributed by atoms with Crippen LogP contribution in [0, 0.1) is 0 Å². The number of azide groups is 1. The summed E-state index contributed by atoms with van der Waals surface area (Å²) < 4.78 is 0. The summed E-state index contributed by atoms with van der Waals surface area (Å²) in [5, 5.41) is 3.67. The molecule has 4 heteroatoms. The Labute approximate surface area is 67.8 Å². The van der Waals surface area contributed by atoms with Crippen LogP contribution in [0.2, 0.25) is 0 Å². The number of hydrogen-bond donors (Lipinski definition) is 0. The maximum absolute atomic E-state index is 8.13. The molecule has 1 aliphatic rings. The van der Waals surface area contributed by atoms with Crippen LogP contribution in [0.15, 0.2) is 5.11 Å². The first-order chi connectivity index (χ1) is 4.83. The van der Waals surface area contributed by atoms with Gasteiger partial charge in [-0.05, 0) is 38.5 Å². The van der Waals surface area contributed by atoms with Crippen LogP contribution in [0.25, 0.3) is 10.4 Å². The van der Waals surface area contributed by atoms with Gasteiger partial charge in [0.05, 0.1) is 0 Å². The van der Waals surface area contributed by atoms with E-state index in [1.54, 1.807) is 0 Å². The molecule has 0 aromatic heterocycles. The van der Waals surface area contributed by atoms with Crippen LogP contribution < -0.4 is 0 Å². The standard InChI is InChI=1S/C6H12N4.CH4/c1-10-4-2-6(3-5-10)8-9-7;/h6H,2-5H2,1H3;1H4. The highest BCUT2D eigenvalue weighted by atomic mass is 15.2. The Kier molecular flexibility index (Phi) is 4.66. The van der Waals surface area contributed by atoms with E-state index >= 15 is 0 Å². The number of nitrogens with zero attached hydrogens (tertiary/aromatic N) is 4. The minimum Gasteiger partial charge on any atom is -0.306 e. The first-order valence-corrected chi connectivity index (χ1v) is 3.55. The Balaban J connectivity index is 0.000001000. The lowest BCUT2D eigenvalue weighted by Crippen LogP contribution is -2.31. The highest BCUT2D eigenvalue weighted by molar-refractivity contribution is 4.75. The summed E-state index contributed by atoms with van der Waals surface area (Å²) in [4.78, 5) is 5.04. The van der Waals surface area contributed by atoms with Crippen molar-refractivity contribution in [3.8, 4) is 0 Å². The molecule has 64 valence electrons. The van der Waals surface area contributed by atoms with Crippen LogP contribution in [0.4, 0.5) is 0 Å². The van der Waals surface area contributed by atoms with Crippen molar-refractivity contribution in [2.75, 3.05) is 20.1 Å². The molecule has 0 radical (unpaired) electrons. The van der Waals surface area contributed by atoms with Crippen molar-refractivity contribution in [1.82, 2.24) is 4.90 Å². The minimum atomic E-state index is 0. The van der Waals surface area contributed by atoms with E-state index in [2.05, 4.69) is 22.0 Å². The Bertz CT molecular complexity index is 143. The zero-order chi connectivity index (χ0) is 7.40. The molecule has 1 aliphatic heterocycles. The molecule has 0 bridgehead atoms. The third-order valence-corrected chi connectivity index (χ3v) is 1.90. The van der Waals surface area contributed by atoms with Gasteiger partial charge in [-0.25, -0.2) is 0 Å². The van der Waals surface area contributed by atoms with Gasteiger partial charge in [-0.15, -0.1) is 0 Å². The normalized spacial score (nSPS) is 20.1. The van der Waals surface area contributed by atoms with Crippen LogP contribution in [0.1, 0.15) is 20.3 Å². The van der Waals surface area contributed by atoms with E-state index in [-0.39, 0.29) is 13.5 Å². The van der Waals surface area contributed by atoms with E-state index in [4.69, 9.17) is 5.53 Å². The summed E-state index contributed by atoms with van der Waals surface area (Å²) in [6.07, 6.45) is 2.03. The fraction of sp³-hybridized carbons (Fsp3) is 1.00. The van der Waals surface area contributed by atoms with E-state index in [1.165, 1.54) is 0 Å². The summed E-state index contributed by atoms with van der Waals surface area (Å²) in [6, 6.07) is 0.251. The Morgan fingerprint density at radius 2 is 2.00 bits per heavy atom. The van der Waals surface area contributed by atoms with Crippen molar-refractivity contribution >= 4 is 0 Å². The molecule has 0 unspecified atom stereocenters. The predicted octanol–water partition coefficient (Wildman–Crippen LogP) is 2.03. The third-order valence-electron chi connectivity index (χ3n) is 1.90. The van der Waals surface area contributed by atoms with Crippen molar-refractivity contribution in [2.24, 2.45) is 5.11 Å². The molecule has 0 atom stereocenters. The zero-order valence-electron chi connectivity index (χ0n) is 6.19. The number of likely N-dealkylation sites (tertiary alicyclic amines) is 1. The van der Waals surface area contributed by atoms with Crippen LogP contribution in [-0.2, 0) is 0 Å². The molecule has 1 fully saturated rings. The largest absolute Gasteiger partial charge is 0.306 e. The van der Waals surface area contributed by atoms with E-state index < -0.39 is 0 Å². The molecule has 1 saturated heterocycles. The molecule has 0 aliphatic carbocycles. The molecule has 1 heterocycles. The van der Waals surface area contributed by atoms with Crippen molar-refractivity contribution in [3.63, 3.8) is 0 Å². The molecule has 0 saturated carbocycles. The van der Waals surface area contributed by atoms with E-state index in [1.807, 2.05) is 0 Å². The summed E-state index contributed by atoms with van der Waals surface area (Å²) in [7, 11) is 2.09. The Morgan fingerprint density at radius 3 is 2.45 bits per heavy atom. The maximum Gasteiger partial charge on any atom is 0.0398 e. The minimum absolute atomic E-state index is 0. The van der Waals surface area contributed by atoms with Gasteiger partial charge in [-0.1, -0.05) is 12.5 Å². The molecule has 0 aromatic carbocycles. The highest BCUT2D eigenvalue weighted by Crippen LogP contribution is 2.11. The SMILES string of the molecule is C.CN1CCC(N=[N+]=[N-])CC1. The molecule has 1 rings (SSSR count). The van der Waals surface area contributed by atoms with Gasteiger partial charge < -0.3 is 4.90 Å². The van der Waals surface area contributed by atoms with Gasteiger partial charge >= 0.3 is 0 Å². The summed E-state index contributed by atoms with van der Waals surface area (Å²) in [6.45, 7) is 2.12. The quantitative estimate of drug-likeness (QED) is 0.325. The molecule has 0 aromatic rings. The number of piperidine rings is 1. The smallest absolute Gasteiger partial charge is 0.0398 e. The number of rotatable bonds is 1. The lowest BCUT2D eigenvalue weighted by Gasteiger charge is -2.25. The van der Waals surface area contributed by atoms with Crippen molar-refractivity contribution < 1.29 is 0 Å². The fourth-order valence-electron chi connectivity index (χ4n) is 1.18. The third kappa shape index (κ3) is 3.25. The molecular formula is C7H16N4. The van der Waals surface area contributed by atoms with Crippen LogP contribution in [0.5, 0.6) is 0 Å². The molecular weight excluding hydrogens is 140 g/mol. The fourth-order valence-corrected chi connectivity index (χ4v) is 1.18. The summed E-state index contributed by atoms with van der Waals surface area (Å²) in [5.74, 6) is 0. The Morgan fingerprint density at radius 1 is 1.45 bits per heavy atom. The van der Waals surface area contributed by atoms with Gasteiger partial charge in [0.2, 0.25) is 0 Å². The molecule has 0 amide bonds. The van der Waals surface area contributed by atoms with Gasteiger partial charge in [0.25, 0.3) is 0 Å². The number of hydrogen-bond acceptors (Lipinski definition) is 2. The topological polar surface area (TPSA) is 52.0 Å². The zero-order valence-corrected chi connectivity index (χ0v) is 6.19. The van der Waals surface area contributed by atoms with Gasteiger partial charge in [0, 0.05) is 11.0 Å².